The predicted molar refractivity (Wildman–Crippen MR) is 118 cm³/mol. The minimum atomic E-state index is 1.00. The summed E-state index contributed by atoms with van der Waals surface area (Å²) in [6.07, 6.45) is 2.15. The summed E-state index contributed by atoms with van der Waals surface area (Å²) < 4.78 is 2.24. The van der Waals surface area contributed by atoms with Gasteiger partial charge >= 0.3 is 0 Å². The highest BCUT2D eigenvalue weighted by Crippen LogP contribution is 2.36. The van der Waals surface area contributed by atoms with Crippen molar-refractivity contribution in [3.8, 4) is 11.3 Å². The Morgan fingerprint density at radius 2 is 1.50 bits per heavy atom. The van der Waals surface area contributed by atoms with E-state index < -0.39 is 0 Å². The fourth-order valence-corrected chi connectivity index (χ4v) is 4.43. The van der Waals surface area contributed by atoms with Crippen molar-refractivity contribution in [3.05, 3.63) is 83.6 Å². The molecule has 0 unspecified atom stereocenters. The van der Waals surface area contributed by atoms with E-state index in [2.05, 4.69) is 93.2 Å². The van der Waals surface area contributed by atoms with Crippen molar-refractivity contribution in [1.82, 2.24) is 4.98 Å². The van der Waals surface area contributed by atoms with Crippen LogP contribution in [0.4, 0.5) is 0 Å². The maximum absolute atomic E-state index is 5.16. The van der Waals surface area contributed by atoms with Gasteiger partial charge in [-0.05, 0) is 37.1 Å². The minimum absolute atomic E-state index is 1.00. The molecule has 5 rings (SSSR count). The van der Waals surface area contributed by atoms with Crippen LogP contribution in [0.3, 0.4) is 0 Å². The van der Waals surface area contributed by atoms with Gasteiger partial charge in [-0.3, -0.25) is 0 Å². The first kappa shape index (κ1) is 16.9. The summed E-state index contributed by atoms with van der Waals surface area (Å²) in [5, 5.41) is 5.11. The van der Waals surface area contributed by atoms with Crippen LogP contribution in [0.15, 0.2) is 66.9 Å². The van der Waals surface area contributed by atoms with Gasteiger partial charge in [-0.1, -0.05) is 71.8 Å². The maximum Gasteiger partial charge on any atom is 0.239 e. The first-order valence-corrected chi connectivity index (χ1v) is 9.72. The van der Waals surface area contributed by atoms with Gasteiger partial charge < -0.3 is 0 Å². The molecule has 0 aliphatic heterocycles. The normalized spacial score (nSPS) is 11.6. The Kier molecular flexibility index (Phi) is 3.70. The summed E-state index contributed by atoms with van der Waals surface area (Å²) in [5.74, 6) is 0. The van der Waals surface area contributed by atoms with Crippen LogP contribution in [-0.4, -0.2) is 4.98 Å². The summed E-state index contributed by atoms with van der Waals surface area (Å²) in [5.41, 5.74) is 8.28. The molecule has 0 aliphatic carbocycles. The molecule has 2 nitrogen and oxygen atoms in total. The van der Waals surface area contributed by atoms with Crippen LogP contribution in [-0.2, 0) is 7.05 Å². The quantitative estimate of drug-likeness (QED) is 0.265. The Hall–Kier alpha value is -3.26. The summed E-state index contributed by atoms with van der Waals surface area (Å²) in [6, 6.07) is 21.7. The van der Waals surface area contributed by atoms with Gasteiger partial charge in [0.15, 0.2) is 6.20 Å². The predicted octanol–water partition coefficient (Wildman–Crippen LogP) is 5.96. The van der Waals surface area contributed by atoms with Crippen molar-refractivity contribution < 1.29 is 4.57 Å². The summed E-state index contributed by atoms with van der Waals surface area (Å²) >= 11 is 0. The number of hydrogen-bond donors (Lipinski definition) is 0. The highest BCUT2D eigenvalue weighted by atomic mass is 15.0. The lowest BCUT2D eigenvalue weighted by Crippen LogP contribution is -2.30. The molecule has 4 aromatic carbocycles. The topological polar surface area (TPSA) is 16.8 Å². The lowest BCUT2D eigenvalue weighted by atomic mass is 9.93. The molecule has 0 fully saturated rings. The van der Waals surface area contributed by atoms with Crippen molar-refractivity contribution in [2.24, 2.45) is 7.05 Å². The molecule has 0 saturated heterocycles. The molecule has 0 amide bonds. The standard InChI is InChI=1S/C26H23N2/c1-16-10-11-20-21(13-16)22-14-17(2)12-18(3)24(22)26-25(20)27-23(15-28(26)4)19-8-6-5-7-9-19/h5-15H,1-4H3/q+1. The third-order valence-electron chi connectivity index (χ3n) is 5.63. The summed E-state index contributed by atoms with van der Waals surface area (Å²) in [6.45, 7) is 6.54. The number of fused-ring (bicyclic) bond motifs is 6. The molecule has 0 saturated carbocycles. The number of rotatable bonds is 1. The highest BCUT2D eigenvalue weighted by molar-refractivity contribution is 6.23. The van der Waals surface area contributed by atoms with Crippen molar-refractivity contribution >= 4 is 32.6 Å². The van der Waals surface area contributed by atoms with Crippen LogP contribution in [0.1, 0.15) is 16.7 Å². The molecule has 5 aromatic rings. The number of nitrogens with zero attached hydrogens (tertiary/aromatic N) is 2. The van der Waals surface area contributed by atoms with E-state index in [1.54, 1.807) is 0 Å². The molecule has 1 aromatic heterocycles. The van der Waals surface area contributed by atoms with Gasteiger partial charge in [0.05, 0.1) is 5.39 Å². The zero-order chi connectivity index (χ0) is 19.4. The van der Waals surface area contributed by atoms with Gasteiger partial charge in [0.1, 0.15) is 18.3 Å². The SMILES string of the molecule is Cc1ccc2c(c1)c1cc(C)cc(C)c1c1c2nc(-c2ccccc2)c[n+]1C. The number of aromatic nitrogens is 2. The maximum atomic E-state index is 5.16. The molecular weight excluding hydrogens is 340 g/mol. The lowest BCUT2D eigenvalue weighted by molar-refractivity contribution is -0.643. The smallest absolute Gasteiger partial charge is 0.234 e. The first-order chi connectivity index (χ1) is 13.5. The number of hydrogen-bond acceptors (Lipinski definition) is 1. The van der Waals surface area contributed by atoms with Gasteiger partial charge in [-0.2, -0.15) is 4.57 Å². The second-order valence-electron chi connectivity index (χ2n) is 7.85. The molecule has 0 N–H and O–H groups in total. The van der Waals surface area contributed by atoms with Crippen LogP contribution < -0.4 is 4.57 Å². The van der Waals surface area contributed by atoms with E-state index >= 15 is 0 Å². The van der Waals surface area contributed by atoms with Gasteiger partial charge in [-0.25, -0.2) is 4.98 Å². The van der Waals surface area contributed by atoms with Crippen molar-refractivity contribution in [2.75, 3.05) is 0 Å². The van der Waals surface area contributed by atoms with Crippen molar-refractivity contribution in [2.45, 2.75) is 20.8 Å². The van der Waals surface area contributed by atoms with Gasteiger partial charge in [-0.15, -0.1) is 0 Å². The molecule has 2 heteroatoms. The monoisotopic (exact) mass is 363 g/mol. The minimum Gasteiger partial charge on any atom is -0.234 e. The van der Waals surface area contributed by atoms with Gasteiger partial charge in [0, 0.05) is 10.9 Å². The molecule has 0 radical (unpaired) electrons. The zero-order valence-corrected chi connectivity index (χ0v) is 16.7. The Bertz CT molecular complexity index is 1380. The van der Waals surface area contributed by atoms with E-state index in [0.717, 1.165) is 16.8 Å². The van der Waals surface area contributed by atoms with Crippen LogP contribution >= 0.6 is 0 Å². The fourth-order valence-electron chi connectivity index (χ4n) is 4.43. The van der Waals surface area contributed by atoms with Gasteiger partial charge in [0.2, 0.25) is 5.52 Å². The van der Waals surface area contributed by atoms with Crippen molar-refractivity contribution in [3.63, 3.8) is 0 Å². The second kappa shape index (κ2) is 6.13. The average molecular weight is 363 g/mol. The lowest BCUT2D eigenvalue weighted by Gasteiger charge is -2.12. The van der Waals surface area contributed by atoms with E-state index in [9.17, 15) is 0 Å². The van der Waals surface area contributed by atoms with E-state index in [1.165, 1.54) is 43.8 Å². The summed E-state index contributed by atoms with van der Waals surface area (Å²) in [7, 11) is 2.13. The molecular formula is C26H23N2+. The fraction of sp³-hybridized carbons (Fsp3) is 0.154. The zero-order valence-electron chi connectivity index (χ0n) is 16.7. The average Bonchev–Trinajstić information content (AvgIpc) is 2.68. The molecule has 1 heterocycles. The summed E-state index contributed by atoms with van der Waals surface area (Å²) in [4.78, 5) is 5.16. The van der Waals surface area contributed by atoms with Crippen LogP contribution in [0, 0.1) is 20.8 Å². The molecule has 0 bridgehead atoms. The van der Waals surface area contributed by atoms with E-state index in [1.807, 2.05) is 6.07 Å². The third-order valence-corrected chi connectivity index (χ3v) is 5.63. The van der Waals surface area contributed by atoms with E-state index in [0.29, 0.717) is 0 Å². The van der Waals surface area contributed by atoms with Crippen LogP contribution in [0.2, 0.25) is 0 Å². The third kappa shape index (κ3) is 2.49. The Labute approximate surface area is 165 Å². The largest absolute Gasteiger partial charge is 0.239 e. The van der Waals surface area contributed by atoms with Crippen LogP contribution in [0.5, 0.6) is 0 Å². The van der Waals surface area contributed by atoms with Crippen molar-refractivity contribution in [1.29, 1.82) is 0 Å². The molecule has 28 heavy (non-hydrogen) atoms. The highest BCUT2D eigenvalue weighted by Gasteiger charge is 2.20. The molecule has 0 atom stereocenters. The van der Waals surface area contributed by atoms with E-state index in [4.69, 9.17) is 4.98 Å². The Balaban J connectivity index is 2.05. The number of aryl methyl sites for hydroxylation is 4. The molecule has 136 valence electrons. The van der Waals surface area contributed by atoms with Crippen LogP contribution in [0.25, 0.3) is 43.8 Å². The molecule has 0 spiro atoms. The molecule has 0 aliphatic rings. The van der Waals surface area contributed by atoms with E-state index in [-0.39, 0.29) is 0 Å². The second-order valence-corrected chi connectivity index (χ2v) is 7.85. The van der Waals surface area contributed by atoms with Gasteiger partial charge in [0.25, 0.3) is 0 Å². The number of benzene rings is 4. The Morgan fingerprint density at radius 1 is 0.750 bits per heavy atom. The Morgan fingerprint density at radius 3 is 2.29 bits per heavy atom. The first-order valence-electron chi connectivity index (χ1n) is 9.72.